The van der Waals surface area contributed by atoms with Crippen molar-refractivity contribution in [2.24, 2.45) is 0 Å². The highest BCUT2D eigenvalue weighted by Crippen LogP contribution is 2.15. The molecule has 0 fully saturated rings. The first kappa shape index (κ1) is 9.52. The Morgan fingerprint density at radius 2 is 2.08 bits per heavy atom. The monoisotopic (exact) mass is 176 g/mol. The van der Waals surface area contributed by atoms with Crippen LogP contribution in [0.2, 0.25) is 0 Å². The highest BCUT2D eigenvalue weighted by Gasteiger charge is 2.14. The van der Waals surface area contributed by atoms with Gasteiger partial charge in [0.15, 0.2) is 0 Å². The molecule has 0 aliphatic rings. The minimum Gasteiger partial charge on any atom is -0.435 e. The molecule has 13 heavy (non-hydrogen) atoms. The molecule has 0 heterocycles. The summed E-state index contributed by atoms with van der Waals surface area (Å²) >= 11 is 0. The molecule has 0 aliphatic carbocycles. The average molecular weight is 176 g/mol. The molecule has 1 aromatic rings. The molecule has 0 aromatic heterocycles. The molecule has 2 nitrogen and oxygen atoms in total. The van der Waals surface area contributed by atoms with Crippen LogP contribution in [-0.2, 0) is 9.53 Å². The summed E-state index contributed by atoms with van der Waals surface area (Å²) in [6, 6.07) is 9.50. The molecule has 1 rings (SSSR count). The molecule has 1 atom stereocenters. The van der Waals surface area contributed by atoms with E-state index in [1.165, 1.54) is 0 Å². The zero-order chi connectivity index (χ0) is 9.68. The Balaban J connectivity index is 2.73. The van der Waals surface area contributed by atoms with E-state index in [1.807, 2.05) is 30.3 Å². The van der Waals surface area contributed by atoms with Crippen LogP contribution >= 0.6 is 0 Å². The Morgan fingerprint density at radius 3 is 2.62 bits per heavy atom. The van der Waals surface area contributed by atoms with Gasteiger partial charge < -0.3 is 4.74 Å². The number of hydrogen-bond acceptors (Lipinski definition) is 2. The summed E-state index contributed by atoms with van der Waals surface area (Å²) in [6.45, 7) is 5.14. The van der Waals surface area contributed by atoms with Crippen molar-refractivity contribution in [1.29, 1.82) is 0 Å². The maximum Gasteiger partial charge on any atom is 0.317 e. The van der Waals surface area contributed by atoms with Crippen LogP contribution in [0.15, 0.2) is 43.2 Å². The van der Waals surface area contributed by atoms with Gasteiger partial charge in [-0.05, 0) is 12.5 Å². The second-order valence-corrected chi connectivity index (χ2v) is 2.74. The molecule has 0 N–H and O–H groups in total. The number of carbonyl (C=O) groups is 1. The van der Waals surface area contributed by atoms with E-state index in [4.69, 9.17) is 0 Å². The van der Waals surface area contributed by atoms with Gasteiger partial charge in [0.2, 0.25) is 0 Å². The summed E-state index contributed by atoms with van der Waals surface area (Å²) in [5.74, 6) is -0.514. The summed E-state index contributed by atoms with van der Waals surface area (Å²) in [5, 5.41) is 0. The van der Waals surface area contributed by atoms with Crippen molar-refractivity contribution in [3.63, 3.8) is 0 Å². The maximum absolute atomic E-state index is 11.3. The van der Waals surface area contributed by atoms with Gasteiger partial charge in [-0.3, -0.25) is 4.79 Å². The molecule has 0 spiro atoms. The molecule has 68 valence electrons. The van der Waals surface area contributed by atoms with Crippen LogP contribution in [0.4, 0.5) is 0 Å². The van der Waals surface area contributed by atoms with Gasteiger partial charge in [0.05, 0.1) is 12.2 Å². The summed E-state index contributed by atoms with van der Waals surface area (Å²) < 4.78 is 4.68. The van der Waals surface area contributed by atoms with Crippen LogP contribution in [0, 0.1) is 0 Å². The van der Waals surface area contributed by atoms with Crippen molar-refractivity contribution < 1.29 is 9.53 Å². The standard InChI is InChI=1S/C11H12O2/c1-3-13-11(12)9(2)10-7-5-4-6-8-10/h3-9H,1H2,2H3/t9-/m0/s1. The van der Waals surface area contributed by atoms with Gasteiger partial charge in [-0.25, -0.2) is 0 Å². The number of esters is 1. The van der Waals surface area contributed by atoms with Gasteiger partial charge in [-0.1, -0.05) is 36.9 Å². The summed E-state index contributed by atoms with van der Waals surface area (Å²) in [6.07, 6.45) is 1.15. The van der Waals surface area contributed by atoms with Crippen molar-refractivity contribution in [3.8, 4) is 0 Å². The number of rotatable bonds is 3. The van der Waals surface area contributed by atoms with Gasteiger partial charge >= 0.3 is 5.97 Å². The smallest absolute Gasteiger partial charge is 0.317 e. The SMILES string of the molecule is C=COC(=O)[C@@H](C)c1ccccc1. The van der Waals surface area contributed by atoms with Crippen molar-refractivity contribution >= 4 is 5.97 Å². The van der Waals surface area contributed by atoms with E-state index < -0.39 is 0 Å². The van der Waals surface area contributed by atoms with Crippen molar-refractivity contribution in [1.82, 2.24) is 0 Å². The first-order valence-corrected chi connectivity index (χ1v) is 4.12. The molecule has 0 bridgehead atoms. The average Bonchev–Trinajstić information content (AvgIpc) is 2.18. The number of ether oxygens (including phenoxy) is 1. The predicted molar refractivity (Wildman–Crippen MR) is 51.1 cm³/mol. The molecule has 0 amide bonds. The normalized spacial score (nSPS) is 11.8. The zero-order valence-electron chi connectivity index (χ0n) is 7.57. The Bertz CT molecular complexity index is 290. The Hall–Kier alpha value is -1.57. The molecule has 0 unspecified atom stereocenters. The van der Waals surface area contributed by atoms with Crippen LogP contribution in [0.25, 0.3) is 0 Å². The molecule has 1 aromatic carbocycles. The van der Waals surface area contributed by atoms with Crippen LogP contribution in [0.5, 0.6) is 0 Å². The molecular weight excluding hydrogens is 164 g/mol. The van der Waals surface area contributed by atoms with E-state index in [9.17, 15) is 4.79 Å². The van der Waals surface area contributed by atoms with Gasteiger partial charge in [0.1, 0.15) is 0 Å². The van der Waals surface area contributed by atoms with E-state index >= 15 is 0 Å². The fraction of sp³-hybridized carbons (Fsp3) is 0.182. The number of hydrogen-bond donors (Lipinski definition) is 0. The van der Waals surface area contributed by atoms with Crippen molar-refractivity contribution in [3.05, 3.63) is 48.7 Å². The van der Waals surface area contributed by atoms with Crippen LogP contribution in [-0.4, -0.2) is 5.97 Å². The molecule has 0 saturated carbocycles. The lowest BCUT2D eigenvalue weighted by molar-refractivity contribution is -0.139. The molecule has 0 saturated heterocycles. The quantitative estimate of drug-likeness (QED) is 0.522. The van der Waals surface area contributed by atoms with E-state index in [0.29, 0.717) is 0 Å². The Morgan fingerprint density at radius 1 is 1.46 bits per heavy atom. The maximum atomic E-state index is 11.3. The fourth-order valence-corrected chi connectivity index (χ4v) is 1.06. The first-order valence-electron chi connectivity index (χ1n) is 4.12. The topological polar surface area (TPSA) is 26.3 Å². The van der Waals surface area contributed by atoms with Gasteiger partial charge in [0.25, 0.3) is 0 Å². The summed E-state index contributed by atoms with van der Waals surface area (Å²) in [5.41, 5.74) is 0.953. The Labute approximate surface area is 77.8 Å². The minimum atomic E-state index is -0.277. The highest BCUT2D eigenvalue weighted by atomic mass is 16.5. The van der Waals surface area contributed by atoms with Gasteiger partial charge in [-0.2, -0.15) is 0 Å². The zero-order valence-corrected chi connectivity index (χ0v) is 7.57. The van der Waals surface area contributed by atoms with Crippen LogP contribution < -0.4 is 0 Å². The lowest BCUT2D eigenvalue weighted by atomic mass is 10.0. The first-order chi connectivity index (χ1) is 6.25. The summed E-state index contributed by atoms with van der Waals surface area (Å²) in [4.78, 5) is 11.3. The molecular formula is C11H12O2. The molecule has 0 radical (unpaired) electrons. The van der Waals surface area contributed by atoms with Gasteiger partial charge in [0, 0.05) is 0 Å². The fourth-order valence-electron chi connectivity index (χ4n) is 1.06. The van der Waals surface area contributed by atoms with Crippen LogP contribution in [0.3, 0.4) is 0 Å². The lowest BCUT2D eigenvalue weighted by Gasteiger charge is -2.08. The largest absolute Gasteiger partial charge is 0.435 e. The third-order valence-electron chi connectivity index (χ3n) is 1.85. The van der Waals surface area contributed by atoms with Crippen molar-refractivity contribution in [2.75, 3.05) is 0 Å². The second kappa shape index (κ2) is 4.45. The lowest BCUT2D eigenvalue weighted by Crippen LogP contribution is -2.09. The van der Waals surface area contributed by atoms with E-state index in [2.05, 4.69) is 11.3 Å². The minimum absolute atomic E-state index is 0.237. The number of carbonyl (C=O) groups excluding carboxylic acids is 1. The summed E-state index contributed by atoms with van der Waals surface area (Å²) in [7, 11) is 0. The predicted octanol–water partition coefficient (Wildman–Crippen LogP) is 2.48. The van der Waals surface area contributed by atoms with Crippen LogP contribution in [0.1, 0.15) is 18.4 Å². The third kappa shape index (κ3) is 2.44. The van der Waals surface area contributed by atoms with Crippen molar-refractivity contribution in [2.45, 2.75) is 12.8 Å². The molecule has 0 aliphatic heterocycles. The second-order valence-electron chi connectivity index (χ2n) is 2.74. The van der Waals surface area contributed by atoms with E-state index in [1.54, 1.807) is 6.92 Å². The Kier molecular flexibility index (Phi) is 3.26. The highest BCUT2D eigenvalue weighted by molar-refractivity contribution is 5.78. The third-order valence-corrected chi connectivity index (χ3v) is 1.85. The molecule has 2 heteroatoms. The van der Waals surface area contributed by atoms with E-state index in [0.717, 1.165) is 11.8 Å². The van der Waals surface area contributed by atoms with Gasteiger partial charge in [-0.15, -0.1) is 0 Å². The number of benzene rings is 1. The van der Waals surface area contributed by atoms with E-state index in [-0.39, 0.29) is 11.9 Å².